The Labute approximate surface area is 143 Å². The molecule has 4 rings (SSSR count). The number of carbonyl (C=O) groups excluding carboxylic acids is 1. The van der Waals surface area contributed by atoms with Gasteiger partial charge in [-0.25, -0.2) is 4.98 Å². The summed E-state index contributed by atoms with van der Waals surface area (Å²) in [4.78, 5) is 17.4. The summed E-state index contributed by atoms with van der Waals surface area (Å²) in [6, 6.07) is 8.06. The van der Waals surface area contributed by atoms with Crippen LogP contribution in [0.25, 0.3) is 11.0 Å². The van der Waals surface area contributed by atoms with Crippen LogP contribution in [-0.2, 0) is 4.79 Å². The average molecular weight is 325 g/mol. The Kier molecular flexibility index (Phi) is 3.86. The maximum Gasteiger partial charge on any atom is 0.243 e. The van der Waals surface area contributed by atoms with Crippen LogP contribution in [0.3, 0.4) is 0 Å². The van der Waals surface area contributed by atoms with Crippen molar-refractivity contribution in [2.45, 2.75) is 58.5 Å². The number of fused-ring (bicyclic) bond motifs is 3. The third-order valence-electron chi connectivity index (χ3n) is 6.34. The molecule has 24 heavy (non-hydrogen) atoms. The molecule has 4 heteroatoms. The summed E-state index contributed by atoms with van der Waals surface area (Å²) in [5.41, 5.74) is 1.99. The molecule has 5 atom stereocenters. The van der Waals surface area contributed by atoms with Gasteiger partial charge in [-0.2, -0.15) is 0 Å². The molecule has 2 aliphatic rings. The van der Waals surface area contributed by atoms with Gasteiger partial charge in [0.15, 0.2) is 0 Å². The van der Waals surface area contributed by atoms with E-state index in [0.29, 0.717) is 5.92 Å². The van der Waals surface area contributed by atoms with E-state index in [0.717, 1.165) is 28.7 Å². The van der Waals surface area contributed by atoms with Crippen LogP contribution in [0.15, 0.2) is 24.3 Å². The maximum absolute atomic E-state index is 12.9. The molecule has 0 spiro atoms. The molecule has 0 unspecified atom stereocenters. The number of nitrogens with one attached hydrogen (secondary N) is 1. The summed E-state index contributed by atoms with van der Waals surface area (Å²) >= 11 is 0. The van der Waals surface area contributed by atoms with Gasteiger partial charge in [-0.3, -0.25) is 4.79 Å². The number of hydrogen-bond donors (Lipinski definition) is 1. The lowest BCUT2D eigenvalue weighted by molar-refractivity contribution is -0.124. The third-order valence-corrected chi connectivity index (χ3v) is 6.34. The van der Waals surface area contributed by atoms with Crippen LogP contribution in [-0.4, -0.2) is 21.5 Å². The van der Waals surface area contributed by atoms with Gasteiger partial charge >= 0.3 is 0 Å². The number of aromatic nitrogens is 2. The molecule has 1 amide bonds. The van der Waals surface area contributed by atoms with Gasteiger partial charge < -0.3 is 9.88 Å². The van der Waals surface area contributed by atoms with Crippen LogP contribution in [0.2, 0.25) is 0 Å². The average Bonchev–Trinajstić information content (AvgIpc) is 3.26. The normalized spacial score (nSPS) is 28.2. The van der Waals surface area contributed by atoms with E-state index in [4.69, 9.17) is 0 Å². The Balaban J connectivity index is 1.50. The minimum atomic E-state index is -0.238. The highest BCUT2D eigenvalue weighted by molar-refractivity contribution is 5.84. The van der Waals surface area contributed by atoms with E-state index in [1.165, 1.54) is 25.7 Å². The SMILES string of the molecule is Cc1nc2ccccc2n1[C@H](C)C(=O)N[C@@H](C)[C@H]1C[C@H]2CC[C@H]1C2. The Morgan fingerprint density at radius 1 is 1.25 bits per heavy atom. The fourth-order valence-electron chi connectivity index (χ4n) is 5.13. The Morgan fingerprint density at radius 3 is 2.75 bits per heavy atom. The minimum Gasteiger partial charge on any atom is -0.352 e. The molecule has 0 radical (unpaired) electrons. The van der Waals surface area contributed by atoms with Crippen molar-refractivity contribution in [3.63, 3.8) is 0 Å². The number of carbonyl (C=O) groups is 1. The zero-order valence-corrected chi connectivity index (χ0v) is 14.8. The molecule has 1 aromatic heterocycles. The molecule has 4 nitrogen and oxygen atoms in total. The maximum atomic E-state index is 12.9. The number of para-hydroxylation sites is 2. The summed E-state index contributed by atoms with van der Waals surface area (Å²) in [5, 5.41) is 3.30. The summed E-state index contributed by atoms with van der Waals surface area (Å²) in [6.07, 6.45) is 5.44. The van der Waals surface area contributed by atoms with Crippen LogP contribution >= 0.6 is 0 Å². The van der Waals surface area contributed by atoms with E-state index in [1.54, 1.807) is 0 Å². The minimum absolute atomic E-state index is 0.108. The highest BCUT2D eigenvalue weighted by Gasteiger charge is 2.42. The molecule has 1 N–H and O–H groups in total. The monoisotopic (exact) mass is 325 g/mol. The van der Waals surface area contributed by atoms with Gasteiger partial charge in [-0.15, -0.1) is 0 Å². The fraction of sp³-hybridized carbons (Fsp3) is 0.600. The van der Waals surface area contributed by atoms with E-state index in [1.807, 2.05) is 38.1 Å². The van der Waals surface area contributed by atoms with Crippen molar-refractivity contribution in [2.24, 2.45) is 17.8 Å². The molecule has 0 aliphatic heterocycles. The smallest absolute Gasteiger partial charge is 0.243 e. The lowest BCUT2D eigenvalue weighted by atomic mass is 9.84. The predicted molar refractivity (Wildman–Crippen MR) is 95.7 cm³/mol. The number of nitrogens with zero attached hydrogens (tertiary/aromatic N) is 2. The van der Waals surface area contributed by atoms with Crippen molar-refractivity contribution in [3.05, 3.63) is 30.1 Å². The predicted octanol–water partition coefficient (Wildman–Crippen LogP) is 3.85. The molecule has 1 aromatic carbocycles. The van der Waals surface area contributed by atoms with Gasteiger partial charge in [0.25, 0.3) is 0 Å². The number of rotatable bonds is 4. The molecule has 2 aromatic rings. The lowest BCUT2D eigenvalue weighted by Gasteiger charge is -2.29. The molecule has 2 fully saturated rings. The molecule has 0 saturated heterocycles. The second-order valence-electron chi connectivity index (χ2n) is 7.83. The van der Waals surface area contributed by atoms with Gasteiger partial charge in [0.1, 0.15) is 11.9 Å². The first kappa shape index (κ1) is 15.7. The van der Waals surface area contributed by atoms with E-state index in [9.17, 15) is 4.79 Å². The van der Waals surface area contributed by atoms with Gasteiger partial charge in [0.2, 0.25) is 5.91 Å². The van der Waals surface area contributed by atoms with Crippen molar-refractivity contribution in [2.75, 3.05) is 0 Å². The lowest BCUT2D eigenvalue weighted by Crippen LogP contribution is -2.43. The highest BCUT2D eigenvalue weighted by atomic mass is 16.2. The van der Waals surface area contributed by atoms with Crippen molar-refractivity contribution >= 4 is 16.9 Å². The van der Waals surface area contributed by atoms with Crippen LogP contribution in [0.4, 0.5) is 0 Å². The van der Waals surface area contributed by atoms with Crippen molar-refractivity contribution < 1.29 is 4.79 Å². The number of hydrogen-bond acceptors (Lipinski definition) is 2. The summed E-state index contributed by atoms with van der Waals surface area (Å²) in [5.74, 6) is 3.41. The molecule has 2 bridgehead atoms. The number of imidazole rings is 1. The molecule has 2 saturated carbocycles. The number of benzene rings is 1. The molecular weight excluding hydrogens is 298 g/mol. The van der Waals surface area contributed by atoms with Crippen LogP contribution in [0.5, 0.6) is 0 Å². The molecule has 1 heterocycles. The standard InChI is InChI=1S/C20H27N3O/c1-12(17-11-15-8-9-16(17)10-15)21-20(24)13(2)23-14(3)22-18-6-4-5-7-19(18)23/h4-7,12-13,15-17H,8-11H2,1-3H3,(H,21,24)/t12-,13+,15-,16-,17+/m0/s1. The quantitative estimate of drug-likeness (QED) is 0.928. The molecular formula is C20H27N3O. The van der Waals surface area contributed by atoms with Crippen molar-refractivity contribution in [3.8, 4) is 0 Å². The van der Waals surface area contributed by atoms with Gasteiger partial charge in [-0.1, -0.05) is 18.6 Å². The summed E-state index contributed by atoms with van der Waals surface area (Å²) in [6.45, 7) is 6.14. The summed E-state index contributed by atoms with van der Waals surface area (Å²) in [7, 11) is 0. The van der Waals surface area contributed by atoms with E-state index in [-0.39, 0.29) is 18.0 Å². The van der Waals surface area contributed by atoms with Crippen LogP contribution in [0, 0.1) is 24.7 Å². The summed E-state index contributed by atoms with van der Waals surface area (Å²) < 4.78 is 2.05. The second kappa shape index (κ2) is 5.91. The van der Waals surface area contributed by atoms with Crippen LogP contribution in [0.1, 0.15) is 51.4 Å². The fourth-order valence-corrected chi connectivity index (χ4v) is 5.13. The zero-order chi connectivity index (χ0) is 16.8. The van der Waals surface area contributed by atoms with Crippen molar-refractivity contribution in [1.29, 1.82) is 0 Å². The largest absolute Gasteiger partial charge is 0.352 e. The molecule has 128 valence electrons. The Hall–Kier alpha value is -1.84. The molecule has 2 aliphatic carbocycles. The van der Waals surface area contributed by atoms with E-state index >= 15 is 0 Å². The zero-order valence-electron chi connectivity index (χ0n) is 14.8. The van der Waals surface area contributed by atoms with E-state index < -0.39 is 0 Å². The third kappa shape index (κ3) is 2.52. The van der Waals surface area contributed by atoms with E-state index in [2.05, 4.69) is 21.8 Å². The number of amides is 1. The van der Waals surface area contributed by atoms with Crippen molar-refractivity contribution in [1.82, 2.24) is 14.9 Å². The topological polar surface area (TPSA) is 46.9 Å². The highest BCUT2D eigenvalue weighted by Crippen LogP contribution is 2.49. The van der Waals surface area contributed by atoms with Gasteiger partial charge in [0, 0.05) is 6.04 Å². The van der Waals surface area contributed by atoms with Gasteiger partial charge in [-0.05, 0) is 69.9 Å². The first-order valence-electron chi connectivity index (χ1n) is 9.28. The Bertz CT molecular complexity index is 765. The Morgan fingerprint density at radius 2 is 2.04 bits per heavy atom. The first-order valence-corrected chi connectivity index (χ1v) is 9.28. The number of aryl methyl sites for hydroxylation is 1. The first-order chi connectivity index (χ1) is 11.5. The van der Waals surface area contributed by atoms with Crippen LogP contribution < -0.4 is 5.32 Å². The second-order valence-corrected chi connectivity index (χ2v) is 7.83. The van der Waals surface area contributed by atoms with Gasteiger partial charge in [0.05, 0.1) is 11.0 Å².